The fourth-order valence-electron chi connectivity index (χ4n) is 5.35. The third-order valence-corrected chi connectivity index (χ3v) is 7.38. The minimum Gasteiger partial charge on any atom is -0.388 e. The van der Waals surface area contributed by atoms with Crippen LogP contribution in [0.25, 0.3) is 33.3 Å². The fourth-order valence-corrected chi connectivity index (χ4v) is 5.35. The molecule has 6 rings (SSSR count). The third kappa shape index (κ3) is 3.76. The molecule has 1 unspecified atom stereocenters. The number of aromatic nitrogens is 2. The summed E-state index contributed by atoms with van der Waals surface area (Å²) in [7, 11) is 4.27. The van der Waals surface area contributed by atoms with Gasteiger partial charge in [0.1, 0.15) is 5.65 Å². The molecule has 1 fully saturated rings. The van der Waals surface area contributed by atoms with Gasteiger partial charge < -0.3 is 19.9 Å². The number of hydrogen-bond acceptors (Lipinski definition) is 4. The Morgan fingerprint density at radius 3 is 2.52 bits per heavy atom. The molecule has 2 aromatic heterocycles. The largest absolute Gasteiger partial charge is 0.388 e. The summed E-state index contributed by atoms with van der Waals surface area (Å²) in [6.07, 6.45) is 4.71. The molecule has 0 saturated carbocycles. The van der Waals surface area contributed by atoms with E-state index < -0.39 is 6.10 Å². The summed E-state index contributed by atoms with van der Waals surface area (Å²) in [5.74, 6) is 0.331. The monoisotopic (exact) mass is 438 g/mol. The van der Waals surface area contributed by atoms with Gasteiger partial charge in [0.05, 0.1) is 6.10 Å². The average Bonchev–Trinajstić information content (AvgIpc) is 3.24. The van der Waals surface area contributed by atoms with Gasteiger partial charge >= 0.3 is 0 Å². The Bertz CT molecular complexity index is 1300. The summed E-state index contributed by atoms with van der Waals surface area (Å²) < 4.78 is 0. The van der Waals surface area contributed by atoms with Crippen molar-refractivity contribution in [2.75, 3.05) is 33.7 Å². The molecule has 5 nitrogen and oxygen atoms in total. The zero-order valence-electron chi connectivity index (χ0n) is 19.3. The maximum absolute atomic E-state index is 10.7. The van der Waals surface area contributed by atoms with Crippen LogP contribution in [-0.4, -0.2) is 58.6 Å². The third-order valence-electron chi connectivity index (χ3n) is 7.38. The van der Waals surface area contributed by atoms with Gasteiger partial charge in [-0.05, 0) is 54.4 Å². The highest BCUT2D eigenvalue weighted by Gasteiger charge is 2.30. The number of nitrogens with one attached hydrogen (secondary N) is 1. The molecule has 1 atom stereocenters. The van der Waals surface area contributed by atoms with Crippen molar-refractivity contribution in [1.29, 1.82) is 0 Å². The summed E-state index contributed by atoms with van der Waals surface area (Å²) in [5, 5.41) is 11.8. The van der Waals surface area contributed by atoms with Crippen LogP contribution in [-0.2, 0) is 13.0 Å². The smallest absolute Gasteiger partial charge is 0.137 e. The molecule has 33 heavy (non-hydrogen) atoms. The van der Waals surface area contributed by atoms with E-state index in [0.717, 1.165) is 65.9 Å². The van der Waals surface area contributed by atoms with Crippen LogP contribution in [0, 0.1) is 5.92 Å². The number of rotatable bonds is 4. The molecule has 4 heterocycles. The average molecular weight is 439 g/mol. The van der Waals surface area contributed by atoms with Crippen molar-refractivity contribution in [3.8, 4) is 22.3 Å². The second-order valence-corrected chi connectivity index (χ2v) is 9.84. The van der Waals surface area contributed by atoms with E-state index in [-0.39, 0.29) is 0 Å². The van der Waals surface area contributed by atoms with Gasteiger partial charge in [-0.2, -0.15) is 0 Å². The second-order valence-electron chi connectivity index (χ2n) is 9.84. The van der Waals surface area contributed by atoms with Crippen molar-refractivity contribution in [1.82, 2.24) is 19.8 Å². The van der Waals surface area contributed by atoms with Gasteiger partial charge in [0.15, 0.2) is 0 Å². The number of nitrogens with zero attached hydrogens (tertiary/aromatic N) is 3. The lowest BCUT2D eigenvalue weighted by Crippen LogP contribution is -2.46. The lowest BCUT2D eigenvalue weighted by atomic mass is 9.89. The molecular formula is C28H30N4O. The molecule has 0 bridgehead atoms. The zero-order chi connectivity index (χ0) is 22.5. The fraction of sp³-hybridized carbons (Fsp3) is 0.321. The summed E-state index contributed by atoms with van der Waals surface area (Å²) in [6, 6.07) is 17.4. The molecule has 2 aromatic carbocycles. The number of aliphatic hydroxyl groups is 1. The SMILES string of the molecule is CN1CCc2cc(-c3cnc4[nH]cc(-c5ccc(C(O)C6CN(C)C6)cc5)c4c3)ccc2C1. The van der Waals surface area contributed by atoms with E-state index >= 15 is 0 Å². The minimum absolute atomic E-state index is 0.331. The van der Waals surface area contributed by atoms with Crippen molar-refractivity contribution in [3.05, 3.63) is 77.6 Å². The first-order chi connectivity index (χ1) is 16.0. The van der Waals surface area contributed by atoms with E-state index in [1.165, 1.54) is 16.7 Å². The van der Waals surface area contributed by atoms with Crippen LogP contribution in [0.2, 0.25) is 0 Å². The molecule has 0 aliphatic carbocycles. The minimum atomic E-state index is -0.393. The topological polar surface area (TPSA) is 55.4 Å². The molecule has 2 aliphatic rings. The molecule has 168 valence electrons. The van der Waals surface area contributed by atoms with Crippen molar-refractivity contribution in [2.24, 2.45) is 5.92 Å². The Balaban J connectivity index is 1.31. The van der Waals surface area contributed by atoms with Crippen LogP contribution in [0.3, 0.4) is 0 Å². The second kappa shape index (κ2) is 8.10. The van der Waals surface area contributed by atoms with Crippen molar-refractivity contribution >= 4 is 11.0 Å². The van der Waals surface area contributed by atoms with E-state index in [1.54, 1.807) is 0 Å². The summed E-state index contributed by atoms with van der Waals surface area (Å²) in [6.45, 7) is 4.05. The number of aliphatic hydroxyl groups excluding tert-OH is 1. The Hall–Kier alpha value is -2.99. The molecule has 0 spiro atoms. The van der Waals surface area contributed by atoms with Crippen molar-refractivity contribution in [3.63, 3.8) is 0 Å². The molecule has 2 N–H and O–H groups in total. The summed E-state index contributed by atoms with van der Waals surface area (Å²) in [4.78, 5) is 12.6. The highest BCUT2D eigenvalue weighted by Crippen LogP contribution is 2.34. The van der Waals surface area contributed by atoms with E-state index in [4.69, 9.17) is 4.98 Å². The maximum atomic E-state index is 10.7. The quantitative estimate of drug-likeness (QED) is 0.493. The molecule has 0 radical (unpaired) electrons. The van der Waals surface area contributed by atoms with Crippen LogP contribution >= 0.6 is 0 Å². The molecule has 2 aliphatic heterocycles. The van der Waals surface area contributed by atoms with E-state index in [2.05, 4.69) is 77.4 Å². The van der Waals surface area contributed by atoms with Crippen LogP contribution < -0.4 is 0 Å². The van der Waals surface area contributed by atoms with Crippen LogP contribution in [0.5, 0.6) is 0 Å². The van der Waals surface area contributed by atoms with Crippen molar-refractivity contribution < 1.29 is 5.11 Å². The number of benzene rings is 2. The molecule has 5 heteroatoms. The Labute approximate surface area is 194 Å². The van der Waals surface area contributed by atoms with Gasteiger partial charge in [0.2, 0.25) is 0 Å². The van der Waals surface area contributed by atoms with Crippen molar-refractivity contribution in [2.45, 2.75) is 19.1 Å². The Morgan fingerprint density at radius 2 is 1.73 bits per heavy atom. The number of hydrogen-bond donors (Lipinski definition) is 2. The lowest BCUT2D eigenvalue weighted by molar-refractivity contribution is 0.00901. The van der Waals surface area contributed by atoms with Gasteiger partial charge in [0.25, 0.3) is 0 Å². The summed E-state index contributed by atoms with van der Waals surface area (Å²) in [5.41, 5.74) is 9.42. The van der Waals surface area contributed by atoms with Gasteiger partial charge in [-0.25, -0.2) is 4.98 Å². The number of fused-ring (bicyclic) bond motifs is 2. The molecule has 4 aromatic rings. The number of likely N-dealkylation sites (N-methyl/N-ethyl adjacent to an activating group) is 1. The Morgan fingerprint density at radius 1 is 0.939 bits per heavy atom. The molecule has 0 amide bonds. The number of aromatic amines is 1. The van der Waals surface area contributed by atoms with E-state index in [1.807, 2.05) is 12.4 Å². The predicted molar refractivity (Wildman–Crippen MR) is 133 cm³/mol. The number of pyridine rings is 1. The molecular weight excluding hydrogens is 408 g/mol. The Kier molecular flexibility index (Phi) is 5.06. The highest BCUT2D eigenvalue weighted by molar-refractivity contribution is 5.95. The predicted octanol–water partition coefficient (Wildman–Crippen LogP) is 4.48. The molecule has 1 saturated heterocycles. The first kappa shape index (κ1) is 20.6. The first-order valence-electron chi connectivity index (χ1n) is 11.8. The van der Waals surface area contributed by atoms with E-state index in [0.29, 0.717) is 5.92 Å². The van der Waals surface area contributed by atoms with Crippen LogP contribution in [0.4, 0.5) is 0 Å². The normalized spacial score (nSPS) is 18.3. The first-order valence-corrected chi connectivity index (χ1v) is 11.8. The van der Waals surface area contributed by atoms with E-state index in [9.17, 15) is 5.11 Å². The number of likely N-dealkylation sites (tertiary alicyclic amines) is 1. The van der Waals surface area contributed by atoms with Gasteiger partial charge in [-0.1, -0.05) is 42.5 Å². The van der Waals surface area contributed by atoms with Crippen LogP contribution in [0.15, 0.2) is 60.9 Å². The van der Waals surface area contributed by atoms with Gasteiger partial charge in [0, 0.05) is 61.0 Å². The zero-order valence-corrected chi connectivity index (χ0v) is 19.3. The number of H-pyrrole nitrogens is 1. The lowest BCUT2D eigenvalue weighted by Gasteiger charge is -2.39. The van der Waals surface area contributed by atoms with Gasteiger partial charge in [-0.3, -0.25) is 0 Å². The highest BCUT2D eigenvalue weighted by atomic mass is 16.3. The van der Waals surface area contributed by atoms with Crippen LogP contribution in [0.1, 0.15) is 22.8 Å². The summed E-state index contributed by atoms with van der Waals surface area (Å²) >= 11 is 0. The maximum Gasteiger partial charge on any atom is 0.137 e. The van der Waals surface area contributed by atoms with Gasteiger partial charge in [-0.15, -0.1) is 0 Å². The standard InChI is InChI=1S/C28H30N4O/c1-31-10-9-21-11-20(7-8-22(21)15-31)23-12-25-26(14-30-28(25)29-13-23)18-3-5-19(6-4-18)27(33)24-16-32(2)17-24/h3-8,11-14,24,27,33H,9-10,15-17H2,1-2H3,(H,29,30).